The number of fused-ring (bicyclic) bond motifs is 3. The molecule has 0 atom stereocenters. The Bertz CT molecular complexity index is 1180. The van der Waals surface area contributed by atoms with E-state index in [0.717, 1.165) is 61.8 Å². The number of nitrogens with zero attached hydrogens (tertiary/aromatic N) is 8. The van der Waals surface area contributed by atoms with Crippen molar-refractivity contribution in [3.05, 3.63) is 52.3 Å². The molecule has 1 aromatic carbocycles. The van der Waals surface area contributed by atoms with E-state index < -0.39 is 0 Å². The highest BCUT2D eigenvalue weighted by Crippen LogP contribution is 2.43. The van der Waals surface area contributed by atoms with E-state index in [0.29, 0.717) is 11.6 Å². The van der Waals surface area contributed by atoms with Crippen molar-refractivity contribution in [2.24, 2.45) is 5.41 Å². The van der Waals surface area contributed by atoms with E-state index in [-0.39, 0.29) is 11.2 Å². The van der Waals surface area contributed by atoms with E-state index in [4.69, 9.17) is 11.6 Å². The lowest BCUT2D eigenvalue weighted by Gasteiger charge is -2.60. The van der Waals surface area contributed by atoms with Gasteiger partial charge in [0.2, 0.25) is 11.9 Å². The number of aryl methyl sites for hydroxylation is 1. The van der Waals surface area contributed by atoms with Crippen LogP contribution in [-0.4, -0.2) is 62.9 Å². The molecule has 5 heterocycles. The lowest BCUT2D eigenvalue weighted by Crippen LogP contribution is -2.73. The van der Waals surface area contributed by atoms with Crippen LogP contribution in [0.4, 0.5) is 16.3 Å². The number of aromatic nitrogens is 5. The van der Waals surface area contributed by atoms with Crippen molar-refractivity contribution in [2.75, 3.05) is 43.0 Å². The Balaban J connectivity index is 1.23. The predicted molar refractivity (Wildman–Crippen MR) is 115 cm³/mol. The van der Waals surface area contributed by atoms with Crippen LogP contribution in [0.2, 0.25) is 5.02 Å². The SMILES string of the molecule is Cc1nc(N2CC3(C2)CN(c2nnc4n2-c2ccc(Cl)cc2CN(C)C4)C3)ncc1F. The Kier molecular flexibility index (Phi) is 4.04. The molecule has 2 fully saturated rings. The van der Waals surface area contributed by atoms with Gasteiger partial charge in [0.1, 0.15) is 0 Å². The molecule has 3 aromatic rings. The second-order valence-electron chi connectivity index (χ2n) is 9.01. The summed E-state index contributed by atoms with van der Waals surface area (Å²) in [7, 11) is 2.08. The summed E-state index contributed by atoms with van der Waals surface area (Å²) in [6, 6.07) is 6.01. The molecule has 8 nitrogen and oxygen atoms in total. The zero-order valence-corrected chi connectivity index (χ0v) is 18.1. The standard InChI is InChI=1S/C21H22ClFN8/c1-13-16(23)6-24-19(25-13)29-9-21(10-29)11-30(12-21)20-27-26-18-8-28(2)7-14-5-15(22)3-4-17(14)31(18)20/h3-6H,7-12H2,1-2H3. The summed E-state index contributed by atoms with van der Waals surface area (Å²) < 4.78 is 15.6. The first-order valence-corrected chi connectivity index (χ1v) is 10.7. The van der Waals surface area contributed by atoms with Gasteiger partial charge in [-0.1, -0.05) is 11.6 Å². The molecule has 0 unspecified atom stereocenters. The molecule has 3 aliphatic rings. The van der Waals surface area contributed by atoms with Gasteiger partial charge in [-0.2, -0.15) is 0 Å². The van der Waals surface area contributed by atoms with Gasteiger partial charge in [0.25, 0.3) is 0 Å². The largest absolute Gasteiger partial charge is 0.339 e. The summed E-state index contributed by atoms with van der Waals surface area (Å²) in [5.74, 6) is 2.05. The molecule has 6 rings (SSSR count). The van der Waals surface area contributed by atoms with E-state index >= 15 is 0 Å². The Hall–Kier alpha value is -2.78. The minimum Gasteiger partial charge on any atom is -0.339 e. The summed E-state index contributed by atoms with van der Waals surface area (Å²) in [4.78, 5) is 15.0. The maximum absolute atomic E-state index is 13.5. The van der Waals surface area contributed by atoms with Crippen LogP contribution in [0.1, 0.15) is 17.1 Å². The third kappa shape index (κ3) is 2.98. The van der Waals surface area contributed by atoms with Gasteiger partial charge in [-0.25, -0.2) is 14.4 Å². The number of hydrogen-bond donors (Lipinski definition) is 0. The maximum atomic E-state index is 13.5. The van der Waals surface area contributed by atoms with Crippen molar-refractivity contribution in [3.63, 3.8) is 0 Å². The van der Waals surface area contributed by atoms with E-state index in [9.17, 15) is 4.39 Å². The third-order valence-electron chi connectivity index (χ3n) is 6.42. The molecule has 160 valence electrons. The van der Waals surface area contributed by atoms with Crippen LogP contribution >= 0.6 is 11.6 Å². The second-order valence-corrected chi connectivity index (χ2v) is 9.45. The molecule has 0 saturated carbocycles. The number of hydrogen-bond acceptors (Lipinski definition) is 7. The van der Waals surface area contributed by atoms with E-state index in [1.165, 1.54) is 11.8 Å². The molecule has 2 aromatic heterocycles. The lowest BCUT2D eigenvalue weighted by atomic mass is 9.73. The number of halogens is 2. The zero-order valence-electron chi connectivity index (χ0n) is 17.4. The average Bonchev–Trinajstić information content (AvgIpc) is 2.99. The topological polar surface area (TPSA) is 66.2 Å². The highest BCUT2D eigenvalue weighted by Gasteiger charge is 2.54. The second kappa shape index (κ2) is 6.61. The first-order chi connectivity index (χ1) is 14.9. The molecule has 0 amide bonds. The molecular weight excluding hydrogens is 419 g/mol. The van der Waals surface area contributed by atoms with Crippen molar-refractivity contribution in [1.29, 1.82) is 0 Å². The molecule has 3 aliphatic heterocycles. The normalized spacial score (nSPS) is 19.5. The van der Waals surface area contributed by atoms with Crippen LogP contribution in [0, 0.1) is 18.2 Å². The minimum atomic E-state index is -0.367. The summed E-state index contributed by atoms with van der Waals surface area (Å²) in [5.41, 5.74) is 2.84. The van der Waals surface area contributed by atoms with Crippen LogP contribution in [0.5, 0.6) is 0 Å². The van der Waals surface area contributed by atoms with Gasteiger partial charge in [-0.3, -0.25) is 9.47 Å². The Morgan fingerprint density at radius 2 is 1.84 bits per heavy atom. The molecule has 31 heavy (non-hydrogen) atoms. The summed E-state index contributed by atoms with van der Waals surface area (Å²) in [5, 5.41) is 9.77. The van der Waals surface area contributed by atoms with Gasteiger partial charge in [-0.15, -0.1) is 10.2 Å². The number of anilines is 2. The van der Waals surface area contributed by atoms with Gasteiger partial charge in [0.15, 0.2) is 11.6 Å². The Morgan fingerprint density at radius 3 is 2.61 bits per heavy atom. The van der Waals surface area contributed by atoms with Crippen molar-refractivity contribution < 1.29 is 4.39 Å². The smallest absolute Gasteiger partial charge is 0.231 e. The lowest BCUT2D eigenvalue weighted by molar-refractivity contribution is 0.152. The van der Waals surface area contributed by atoms with Crippen molar-refractivity contribution in [3.8, 4) is 5.69 Å². The fraction of sp³-hybridized carbons (Fsp3) is 0.429. The Labute approximate surface area is 184 Å². The maximum Gasteiger partial charge on any atom is 0.231 e. The molecule has 0 bridgehead atoms. The quantitative estimate of drug-likeness (QED) is 0.606. The number of benzene rings is 1. The van der Waals surface area contributed by atoms with Crippen LogP contribution in [-0.2, 0) is 13.1 Å². The average molecular weight is 441 g/mol. The molecule has 1 spiro atoms. The van der Waals surface area contributed by atoms with E-state index in [1.54, 1.807) is 6.92 Å². The Morgan fingerprint density at radius 1 is 1.06 bits per heavy atom. The van der Waals surface area contributed by atoms with Gasteiger partial charge in [0, 0.05) is 43.2 Å². The summed E-state index contributed by atoms with van der Waals surface area (Å²) >= 11 is 6.26. The van der Waals surface area contributed by atoms with Crippen LogP contribution < -0.4 is 9.80 Å². The third-order valence-corrected chi connectivity index (χ3v) is 6.66. The van der Waals surface area contributed by atoms with Crippen molar-refractivity contribution in [2.45, 2.75) is 20.0 Å². The highest BCUT2D eigenvalue weighted by molar-refractivity contribution is 6.30. The van der Waals surface area contributed by atoms with Gasteiger partial charge >= 0.3 is 0 Å². The first-order valence-electron chi connectivity index (χ1n) is 10.3. The monoisotopic (exact) mass is 440 g/mol. The first kappa shape index (κ1) is 18.9. The summed E-state index contributed by atoms with van der Waals surface area (Å²) in [6.45, 7) is 6.75. The highest BCUT2D eigenvalue weighted by atomic mass is 35.5. The molecule has 2 saturated heterocycles. The molecule has 0 radical (unpaired) electrons. The fourth-order valence-electron chi connectivity index (χ4n) is 4.95. The van der Waals surface area contributed by atoms with Gasteiger partial charge in [-0.05, 0) is 37.7 Å². The minimum absolute atomic E-state index is 0.197. The predicted octanol–water partition coefficient (Wildman–Crippen LogP) is 2.43. The van der Waals surface area contributed by atoms with Crippen molar-refractivity contribution >= 4 is 23.5 Å². The number of rotatable bonds is 2. The molecule has 0 N–H and O–H groups in total. The molecular formula is C21H22ClFN8. The summed E-state index contributed by atoms with van der Waals surface area (Å²) in [6.07, 6.45) is 1.25. The van der Waals surface area contributed by atoms with E-state index in [2.05, 4.69) is 52.5 Å². The van der Waals surface area contributed by atoms with Crippen LogP contribution in [0.3, 0.4) is 0 Å². The van der Waals surface area contributed by atoms with Crippen molar-refractivity contribution in [1.82, 2.24) is 29.6 Å². The van der Waals surface area contributed by atoms with Gasteiger partial charge in [0.05, 0.1) is 24.1 Å². The van der Waals surface area contributed by atoms with Crippen LogP contribution in [0.15, 0.2) is 24.4 Å². The fourth-order valence-corrected chi connectivity index (χ4v) is 5.14. The van der Waals surface area contributed by atoms with Gasteiger partial charge < -0.3 is 9.80 Å². The molecule has 0 aliphatic carbocycles. The van der Waals surface area contributed by atoms with E-state index in [1.807, 2.05) is 12.1 Å². The van der Waals surface area contributed by atoms with Crippen LogP contribution in [0.25, 0.3) is 5.69 Å². The molecule has 10 heteroatoms. The zero-order chi connectivity index (χ0) is 21.3.